The van der Waals surface area contributed by atoms with Gasteiger partial charge in [-0.05, 0) is 18.6 Å². The molecular formula is C14H16N4OS. The van der Waals surface area contributed by atoms with Crippen molar-refractivity contribution >= 4 is 17.7 Å². The summed E-state index contributed by atoms with van der Waals surface area (Å²) in [5.41, 5.74) is 0.964. The van der Waals surface area contributed by atoms with Gasteiger partial charge in [-0.15, -0.1) is 11.8 Å². The largest absolute Gasteiger partial charge is 0.337 e. The number of thioether (sulfide) groups is 1. The lowest BCUT2D eigenvalue weighted by Crippen LogP contribution is -2.30. The van der Waals surface area contributed by atoms with Crippen molar-refractivity contribution in [3.63, 3.8) is 0 Å². The molecule has 1 fully saturated rings. The van der Waals surface area contributed by atoms with E-state index in [0.29, 0.717) is 5.75 Å². The van der Waals surface area contributed by atoms with Crippen LogP contribution in [0.2, 0.25) is 0 Å². The predicted molar refractivity (Wildman–Crippen MR) is 78.0 cm³/mol. The maximum atomic E-state index is 12.0. The Morgan fingerprint density at radius 2 is 2.25 bits per heavy atom. The van der Waals surface area contributed by atoms with E-state index in [1.165, 1.54) is 0 Å². The Hall–Kier alpha value is -1.82. The summed E-state index contributed by atoms with van der Waals surface area (Å²) in [6.07, 6.45) is 8.22. The van der Waals surface area contributed by atoms with Crippen LogP contribution in [-0.2, 0) is 11.3 Å². The van der Waals surface area contributed by atoms with Crippen LogP contribution in [0.4, 0.5) is 0 Å². The number of aryl methyl sites for hydroxylation is 1. The lowest BCUT2D eigenvalue weighted by molar-refractivity contribution is -0.128. The second kappa shape index (κ2) is 6.09. The Labute approximate surface area is 122 Å². The first-order valence-corrected chi connectivity index (χ1v) is 7.67. The first kappa shape index (κ1) is 13.2. The van der Waals surface area contributed by atoms with Crippen LogP contribution in [0.1, 0.15) is 17.5 Å². The molecule has 2 aromatic heterocycles. The number of carbonyl (C=O) groups excluding carboxylic acids is 1. The maximum Gasteiger partial charge on any atom is 0.233 e. The second-order valence-corrected chi connectivity index (χ2v) is 5.73. The molecule has 1 aliphatic heterocycles. The summed E-state index contributed by atoms with van der Waals surface area (Å²) < 4.78 is 2.03. The van der Waals surface area contributed by atoms with Gasteiger partial charge in [0.2, 0.25) is 5.91 Å². The highest BCUT2D eigenvalue weighted by atomic mass is 32.2. The quantitative estimate of drug-likeness (QED) is 0.843. The molecule has 2 aromatic rings. The van der Waals surface area contributed by atoms with E-state index in [1.807, 2.05) is 33.9 Å². The molecule has 0 N–H and O–H groups in total. The average molecular weight is 288 g/mol. The summed E-state index contributed by atoms with van der Waals surface area (Å²) in [6, 6.07) is 5.85. The summed E-state index contributed by atoms with van der Waals surface area (Å²) in [7, 11) is 0. The minimum absolute atomic E-state index is 0.0616. The van der Waals surface area contributed by atoms with Gasteiger partial charge in [0.05, 0.1) is 17.8 Å². The van der Waals surface area contributed by atoms with Crippen molar-refractivity contribution in [3.05, 3.63) is 48.8 Å². The molecule has 1 aliphatic rings. The summed E-state index contributed by atoms with van der Waals surface area (Å²) in [4.78, 5) is 22.3. The van der Waals surface area contributed by atoms with Crippen molar-refractivity contribution in [2.24, 2.45) is 0 Å². The highest BCUT2D eigenvalue weighted by Gasteiger charge is 2.32. The smallest absolute Gasteiger partial charge is 0.233 e. The molecule has 0 aliphatic carbocycles. The number of amides is 1. The van der Waals surface area contributed by atoms with Crippen LogP contribution in [0.15, 0.2) is 43.1 Å². The Kier molecular flexibility index (Phi) is 4.01. The van der Waals surface area contributed by atoms with Gasteiger partial charge >= 0.3 is 0 Å². The highest BCUT2D eigenvalue weighted by molar-refractivity contribution is 8.00. The van der Waals surface area contributed by atoms with E-state index in [1.54, 1.807) is 30.5 Å². The number of hydrogen-bond acceptors (Lipinski definition) is 4. The monoisotopic (exact) mass is 288 g/mol. The normalized spacial score (nSPS) is 18.7. The summed E-state index contributed by atoms with van der Waals surface area (Å²) in [6.45, 7) is 1.63. The van der Waals surface area contributed by atoms with Gasteiger partial charge in [0.15, 0.2) is 0 Å². The van der Waals surface area contributed by atoms with Gasteiger partial charge in [-0.25, -0.2) is 4.98 Å². The van der Waals surface area contributed by atoms with Crippen LogP contribution < -0.4 is 0 Å². The number of nitrogens with zero attached hydrogens (tertiary/aromatic N) is 4. The molecule has 0 aromatic carbocycles. The molecule has 0 bridgehead atoms. The second-order valence-electron chi connectivity index (χ2n) is 4.66. The van der Waals surface area contributed by atoms with Gasteiger partial charge in [-0.3, -0.25) is 9.78 Å². The maximum absolute atomic E-state index is 12.0. The zero-order valence-corrected chi connectivity index (χ0v) is 11.9. The van der Waals surface area contributed by atoms with Gasteiger partial charge in [0, 0.05) is 31.7 Å². The van der Waals surface area contributed by atoms with E-state index in [9.17, 15) is 4.79 Å². The van der Waals surface area contributed by atoms with Gasteiger partial charge in [-0.2, -0.15) is 0 Å². The average Bonchev–Trinajstić information content (AvgIpc) is 3.11. The minimum Gasteiger partial charge on any atom is -0.337 e. The number of aromatic nitrogens is 3. The third-order valence-electron chi connectivity index (χ3n) is 3.28. The first-order valence-electron chi connectivity index (χ1n) is 6.62. The van der Waals surface area contributed by atoms with Crippen molar-refractivity contribution in [1.29, 1.82) is 0 Å². The number of hydrogen-bond donors (Lipinski definition) is 0. The van der Waals surface area contributed by atoms with Crippen LogP contribution >= 0.6 is 11.8 Å². The molecular weight excluding hydrogens is 272 g/mol. The number of pyridine rings is 1. The third kappa shape index (κ3) is 2.85. The Balaban J connectivity index is 1.62. The van der Waals surface area contributed by atoms with E-state index in [-0.39, 0.29) is 11.3 Å². The van der Waals surface area contributed by atoms with Crippen LogP contribution in [0.5, 0.6) is 0 Å². The molecule has 1 unspecified atom stereocenters. The van der Waals surface area contributed by atoms with Gasteiger partial charge in [-0.1, -0.05) is 6.07 Å². The fourth-order valence-electron chi connectivity index (χ4n) is 2.31. The lowest BCUT2D eigenvalue weighted by atomic mass is 10.3. The van der Waals surface area contributed by atoms with Crippen molar-refractivity contribution in [2.45, 2.75) is 18.3 Å². The van der Waals surface area contributed by atoms with Crippen molar-refractivity contribution in [1.82, 2.24) is 19.4 Å². The van der Waals surface area contributed by atoms with E-state index in [2.05, 4.69) is 9.97 Å². The zero-order valence-electron chi connectivity index (χ0n) is 11.1. The summed E-state index contributed by atoms with van der Waals surface area (Å²) >= 11 is 1.65. The highest BCUT2D eigenvalue weighted by Crippen LogP contribution is 2.37. The van der Waals surface area contributed by atoms with E-state index >= 15 is 0 Å². The van der Waals surface area contributed by atoms with Crippen LogP contribution in [0.3, 0.4) is 0 Å². The summed E-state index contributed by atoms with van der Waals surface area (Å²) in [5, 5.41) is 0.0616. The fraction of sp³-hybridized carbons (Fsp3) is 0.357. The number of rotatable bonds is 5. The molecule has 20 heavy (non-hydrogen) atoms. The molecule has 3 rings (SSSR count). The third-order valence-corrected chi connectivity index (χ3v) is 4.51. The molecule has 1 amide bonds. The molecule has 1 saturated heterocycles. The Morgan fingerprint density at radius 1 is 1.30 bits per heavy atom. The van der Waals surface area contributed by atoms with E-state index < -0.39 is 0 Å². The van der Waals surface area contributed by atoms with Crippen molar-refractivity contribution in [3.8, 4) is 0 Å². The lowest BCUT2D eigenvalue weighted by Gasteiger charge is -2.23. The molecule has 0 saturated carbocycles. The fourth-order valence-corrected chi connectivity index (χ4v) is 3.48. The van der Waals surface area contributed by atoms with Gasteiger partial charge in [0.1, 0.15) is 5.37 Å². The Bertz CT molecular complexity index is 558. The van der Waals surface area contributed by atoms with Crippen LogP contribution in [0.25, 0.3) is 0 Å². The van der Waals surface area contributed by atoms with E-state index in [4.69, 9.17) is 0 Å². The topological polar surface area (TPSA) is 51.0 Å². The first-order chi connectivity index (χ1) is 9.84. The molecule has 104 valence electrons. The van der Waals surface area contributed by atoms with Crippen LogP contribution in [-0.4, -0.2) is 37.6 Å². The van der Waals surface area contributed by atoms with E-state index in [0.717, 1.165) is 25.2 Å². The summed E-state index contributed by atoms with van der Waals surface area (Å²) in [5.74, 6) is 0.753. The molecule has 6 heteroatoms. The minimum atomic E-state index is 0.0616. The SMILES string of the molecule is O=C1CSC(c2ccccn2)N1CCCn1ccnc1. The van der Waals surface area contributed by atoms with Crippen molar-refractivity contribution < 1.29 is 4.79 Å². The van der Waals surface area contributed by atoms with Gasteiger partial charge < -0.3 is 9.47 Å². The van der Waals surface area contributed by atoms with Crippen LogP contribution in [0, 0.1) is 0 Å². The number of carbonyl (C=O) groups is 1. The molecule has 0 radical (unpaired) electrons. The number of imidazole rings is 1. The molecule has 1 atom stereocenters. The van der Waals surface area contributed by atoms with Gasteiger partial charge in [0.25, 0.3) is 0 Å². The molecule has 0 spiro atoms. The standard InChI is InChI=1S/C14H16N4OS/c19-13-10-20-14(12-4-1-2-5-16-12)18(13)8-3-7-17-9-6-15-11-17/h1-2,4-6,9,11,14H,3,7-8,10H2. The van der Waals surface area contributed by atoms with Crippen molar-refractivity contribution in [2.75, 3.05) is 12.3 Å². The Morgan fingerprint density at radius 3 is 3.00 bits per heavy atom. The molecule has 3 heterocycles. The zero-order chi connectivity index (χ0) is 13.8. The predicted octanol–water partition coefficient (Wildman–Crippen LogP) is 1.94. The molecule has 5 nitrogen and oxygen atoms in total.